The minimum atomic E-state index is -0.0330. The van der Waals surface area contributed by atoms with Crippen LogP contribution in [0.3, 0.4) is 0 Å². The van der Waals surface area contributed by atoms with Crippen molar-refractivity contribution in [1.82, 2.24) is 15.0 Å². The van der Waals surface area contributed by atoms with Crippen LogP contribution in [0, 0.1) is 0 Å². The molecule has 0 aliphatic heterocycles. The van der Waals surface area contributed by atoms with Gasteiger partial charge in [0.15, 0.2) is 0 Å². The molecule has 0 spiro atoms. The van der Waals surface area contributed by atoms with Gasteiger partial charge in [0.1, 0.15) is 11.6 Å². The summed E-state index contributed by atoms with van der Waals surface area (Å²) in [5, 5.41) is 24.9. The lowest BCUT2D eigenvalue weighted by molar-refractivity contribution is 0.311. The molecule has 0 fully saturated rings. The van der Waals surface area contributed by atoms with Crippen LogP contribution in [0.25, 0.3) is 11.3 Å². The maximum absolute atomic E-state index is 9.78. The van der Waals surface area contributed by atoms with Crippen molar-refractivity contribution in [2.45, 2.75) is 0 Å². The van der Waals surface area contributed by atoms with Gasteiger partial charge >= 0.3 is 0 Å². The molecule has 0 aliphatic rings. The van der Waals surface area contributed by atoms with Gasteiger partial charge in [0.05, 0.1) is 24.2 Å². The number of nitrogens with one attached hydrogen (secondary N) is 2. The van der Waals surface area contributed by atoms with Gasteiger partial charge in [-0.25, -0.2) is 4.98 Å². The predicted octanol–water partition coefficient (Wildman–Crippen LogP) is 3.15. The highest BCUT2D eigenvalue weighted by Crippen LogP contribution is 2.32. The molecule has 0 unspecified atom stereocenters. The van der Waals surface area contributed by atoms with E-state index in [9.17, 15) is 5.11 Å². The van der Waals surface area contributed by atoms with Crippen molar-refractivity contribution in [2.75, 3.05) is 23.8 Å². The van der Waals surface area contributed by atoms with E-state index < -0.39 is 0 Å². The summed E-state index contributed by atoms with van der Waals surface area (Å²) in [4.78, 5) is 12.9. The minimum absolute atomic E-state index is 0.0330. The Morgan fingerprint density at radius 1 is 1.12 bits per heavy atom. The number of aliphatic hydroxyl groups is 1. The lowest BCUT2D eigenvalue weighted by Gasteiger charge is -2.12. The van der Waals surface area contributed by atoms with Crippen LogP contribution >= 0.6 is 15.9 Å². The lowest BCUT2D eigenvalue weighted by atomic mass is 10.1. The molecular formula is C17H16BrN5O2. The summed E-state index contributed by atoms with van der Waals surface area (Å²) in [5.74, 6) is 1.07. The standard InChI is InChI=1S/C17H16BrN5O2/c18-14-4-3-12(25)8-13(14)15-9-16(21-11-2-1-5-19-10-11)23-17(22-15)20-6-7-24/h1-5,8-10,24-25H,6-7H2,(H2,20,21,22,23). The summed E-state index contributed by atoms with van der Waals surface area (Å²) in [6.07, 6.45) is 3.38. The number of hydrogen-bond donors (Lipinski definition) is 4. The van der Waals surface area contributed by atoms with E-state index in [4.69, 9.17) is 5.11 Å². The number of halogens is 1. The number of pyridine rings is 1. The Morgan fingerprint density at radius 3 is 2.76 bits per heavy atom. The number of aliphatic hydroxyl groups excluding tert-OH is 1. The third-order valence-corrected chi connectivity index (χ3v) is 3.97. The fourth-order valence-corrected chi connectivity index (χ4v) is 2.64. The van der Waals surface area contributed by atoms with E-state index >= 15 is 0 Å². The van der Waals surface area contributed by atoms with Gasteiger partial charge in [-0.05, 0) is 30.3 Å². The molecular weight excluding hydrogens is 386 g/mol. The second-order valence-electron chi connectivity index (χ2n) is 5.14. The second kappa shape index (κ2) is 7.91. The van der Waals surface area contributed by atoms with Crippen LogP contribution in [0.5, 0.6) is 5.75 Å². The Balaban J connectivity index is 2.01. The molecule has 0 bridgehead atoms. The lowest BCUT2D eigenvalue weighted by Crippen LogP contribution is -2.10. The zero-order valence-electron chi connectivity index (χ0n) is 13.1. The minimum Gasteiger partial charge on any atom is -0.508 e. The number of hydrogen-bond acceptors (Lipinski definition) is 7. The molecule has 0 saturated carbocycles. The van der Waals surface area contributed by atoms with Gasteiger partial charge in [0.25, 0.3) is 0 Å². The van der Waals surface area contributed by atoms with Gasteiger partial charge in [0.2, 0.25) is 5.95 Å². The van der Waals surface area contributed by atoms with Crippen molar-refractivity contribution in [2.24, 2.45) is 0 Å². The van der Waals surface area contributed by atoms with Crippen molar-refractivity contribution in [3.63, 3.8) is 0 Å². The molecule has 0 amide bonds. The molecule has 2 aromatic heterocycles. The van der Waals surface area contributed by atoms with E-state index in [0.29, 0.717) is 24.0 Å². The summed E-state index contributed by atoms with van der Waals surface area (Å²) in [6, 6.07) is 10.4. The number of nitrogens with zero attached hydrogens (tertiary/aromatic N) is 3. The van der Waals surface area contributed by atoms with Crippen LogP contribution in [0.1, 0.15) is 0 Å². The van der Waals surface area contributed by atoms with Gasteiger partial charge in [-0.2, -0.15) is 4.98 Å². The fraction of sp³-hybridized carbons (Fsp3) is 0.118. The van der Waals surface area contributed by atoms with Crippen molar-refractivity contribution in [1.29, 1.82) is 0 Å². The van der Waals surface area contributed by atoms with Crippen molar-refractivity contribution in [3.8, 4) is 17.0 Å². The maximum atomic E-state index is 9.78. The van der Waals surface area contributed by atoms with Gasteiger partial charge < -0.3 is 20.8 Å². The summed E-state index contributed by atoms with van der Waals surface area (Å²) in [7, 11) is 0. The van der Waals surface area contributed by atoms with Crippen molar-refractivity contribution < 1.29 is 10.2 Å². The summed E-state index contributed by atoms with van der Waals surface area (Å²) < 4.78 is 0.796. The SMILES string of the molecule is OCCNc1nc(Nc2cccnc2)cc(-c2cc(O)ccc2Br)n1. The first-order chi connectivity index (χ1) is 12.2. The van der Waals surface area contributed by atoms with Gasteiger partial charge in [0, 0.05) is 28.8 Å². The number of phenols is 1. The Morgan fingerprint density at radius 2 is 2.00 bits per heavy atom. The smallest absolute Gasteiger partial charge is 0.225 e. The van der Waals surface area contributed by atoms with E-state index in [2.05, 4.69) is 41.5 Å². The molecule has 0 radical (unpaired) electrons. The number of phenolic OH excluding ortho intramolecular Hbond substituents is 1. The molecule has 0 aliphatic carbocycles. The fourth-order valence-electron chi connectivity index (χ4n) is 2.19. The number of benzene rings is 1. The third kappa shape index (κ3) is 4.43. The molecule has 3 rings (SSSR count). The molecule has 0 atom stereocenters. The van der Waals surface area contributed by atoms with Gasteiger partial charge in [-0.1, -0.05) is 15.9 Å². The van der Waals surface area contributed by atoms with Gasteiger partial charge in [-0.3, -0.25) is 4.98 Å². The highest BCUT2D eigenvalue weighted by Gasteiger charge is 2.11. The summed E-state index contributed by atoms with van der Waals surface area (Å²) >= 11 is 3.47. The van der Waals surface area contributed by atoms with Crippen LogP contribution in [0.15, 0.2) is 53.3 Å². The van der Waals surface area contributed by atoms with Crippen LogP contribution in [-0.2, 0) is 0 Å². The van der Waals surface area contributed by atoms with Crippen LogP contribution < -0.4 is 10.6 Å². The molecule has 128 valence electrons. The largest absolute Gasteiger partial charge is 0.508 e. The van der Waals surface area contributed by atoms with E-state index in [1.54, 1.807) is 36.7 Å². The average molecular weight is 402 g/mol. The zero-order chi connectivity index (χ0) is 17.6. The highest BCUT2D eigenvalue weighted by molar-refractivity contribution is 9.10. The number of aromatic hydroxyl groups is 1. The third-order valence-electron chi connectivity index (χ3n) is 3.28. The number of aromatic nitrogens is 3. The molecule has 0 saturated heterocycles. The van der Waals surface area contributed by atoms with Crippen molar-refractivity contribution in [3.05, 3.63) is 53.3 Å². The molecule has 3 aromatic rings. The van der Waals surface area contributed by atoms with Crippen LogP contribution in [0.2, 0.25) is 0 Å². The Hall–Kier alpha value is -2.71. The van der Waals surface area contributed by atoms with Gasteiger partial charge in [-0.15, -0.1) is 0 Å². The van der Waals surface area contributed by atoms with E-state index in [-0.39, 0.29) is 12.4 Å². The Labute approximate surface area is 152 Å². The Bertz CT molecular complexity index is 861. The van der Waals surface area contributed by atoms with Crippen LogP contribution in [0.4, 0.5) is 17.5 Å². The average Bonchev–Trinajstić information content (AvgIpc) is 2.62. The molecule has 1 aromatic carbocycles. The quantitative estimate of drug-likeness (QED) is 0.502. The predicted molar refractivity (Wildman–Crippen MR) is 99.9 cm³/mol. The Kier molecular flexibility index (Phi) is 5.42. The van der Waals surface area contributed by atoms with E-state index in [1.807, 2.05) is 12.1 Å². The van der Waals surface area contributed by atoms with Crippen molar-refractivity contribution >= 4 is 33.4 Å². The molecule has 7 nitrogen and oxygen atoms in total. The first-order valence-corrected chi connectivity index (χ1v) is 8.35. The van der Waals surface area contributed by atoms with E-state index in [1.165, 1.54) is 0 Å². The topological polar surface area (TPSA) is 103 Å². The summed E-state index contributed by atoms with van der Waals surface area (Å²) in [6.45, 7) is 0.297. The summed E-state index contributed by atoms with van der Waals surface area (Å²) in [5.41, 5.74) is 2.13. The molecule has 4 N–H and O–H groups in total. The normalized spacial score (nSPS) is 10.5. The number of anilines is 3. The number of rotatable bonds is 6. The van der Waals surface area contributed by atoms with E-state index in [0.717, 1.165) is 15.7 Å². The highest BCUT2D eigenvalue weighted by atomic mass is 79.9. The molecule has 25 heavy (non-hydrogen) atoms. The first-order valence-electron chi connectivity index (χ1n) is 7.55. The second-order valence-corrected chi connectivity index (χ2v) is 6.00. The van der Waals surface area contributed by atoms with Crippen LogP contribution in [-0.4, -0.2) is 38.3 Å². The monoisotopic (exact) mass is 401 g/mol. The first kappa shape index (κ1) is 17.1. The zero-order valence-corrected chi connectivity index (χ0v) is 14.7. The molecule has 2 heterocycles. The maximum Gasteiger partial charge on any atom is 0.225 e. The molecule has 8 heteroatoms.